The highest BCUT2D eigenvalue weighted by molar-refractivity contribution is 5.91. The molecule has 0 aliphatic rings. The smallest absolute Gasteiger partial charge is 0.338 e. The van der Waals surface area contributed by atoms with Gasteiger partial charge in [-0.2, -0.15) is 0 Å². The largest absolute Gasteiger partial charge is 0.452 e. The number of hydrogen-bond donors (Lipinski definition) is 3. The number of urea groups is 1. The summed E-state index contributed by atoms with van der Waals surface area (Å²) in [5.41, 5.74) is 6.11. The van der Waals surface area contributed by atoms with Gasteiger partial charge in [0, 0.05) is 12.6 Å². The molecule has 1 rings (SSSR count). The first-order valence-electron chi connectivity index (χ1n) is 7.55. The van der Waals surface area contributed by atoms with E-state index in [-0.39, 0.29) is 25.1 Å². The third-order valence-electron chi connectivity index (χ3n) is 3.34. The quantitative estimate of drug-likeness (QED) is 0.627. The number of carbonyl (C=O) groups is 3. The summed E-state index contributed by atoms with van der Waals surface area (Å²) in [6, 6.07) is 5.97. The minimum atomic E-state index is -0.614. The number of ether oxygens (including phenoxy) is 1. The van der Waals surface area contributed by atoms with Gasteiger partial charge in [0.15, 0.2) is 6.61 Å². The third-order valence-corrected chi connectivity index (χ3v) is 3.34. The van der Waals surface area contributed by atoms with Crippen LogP contribution in [0, 0.1) is 0 Å². The molecule has 0 saturated heterocycles. The summed E-state index contributed by atoms with van der Waals surface area (Å²) in [7, 11) is 0. The second-order valence-corrected chi connectivity index (χ2v) is 5.07. The molecule has 0 spiro atoms. The van der Waals surface area contributed by atoms with E-state index in [1.807, 2.05) is 13.8 Å². The second kappa shape index (κ2) is 9.45. The van der Waals surface area contributed by atoms with Gasteiger partial charge in [-0.15, -0.1) is 0 Å². The average Bonchev–Trinajstić information content (AvgIpc) is 2.56. The Bertz CT molecular complexity index is 539. The van der Waals surface area contributed by atoms with E-state index < -0.39 is 12.0 Å². The lowest BCUT2D eigenvalue weighted by Gasteiger charge is -2.14. The third kappa shape index (κ3) is 6.82. The fraction of sp³-hybridized carbons (Fsp3) is 0.438. The van der Waals surface area contributed by atoms with Crippen LogP contribution in [0.15, 0.2) is 24.3 Å². The molecule has 0 fully saturated rings. The number of benzene rings is 1. The summed E-state index contributed by atoms with van der Waals surface area (Å²) >= 11 is 0. The summed E-state index contributed by atoms with van der Waals surface area (Å²) < 4.78 is 4.98. The molecular weight excluding hydrogens is 298 g/mol. The van der Waals surface area contributed by atoms with E-state index in [2.05, 4.69) is 10.6 Å². The zero-order valence-electron chi connectivity index (χ0n) is 13.4. The summed E-state index contributed by atoms with van der Waals surface area (Å²) in [5.74, 6) is -0.881. The lowest BCUT2D eigenvalue weighted by atomic mass is 10.1. The molecule has 0 radical (unpaired) electrons. The molecule has 1 aromatic carbocycles. The Kier molecular flexibility index (Phi) is 7.59. The van der Waals surface area contributed by atoms with Crippen LogP contribution in [0.25, 0.3) is 0 Å². The van der Waals surface area contributed by atoms with Crippen LogP contribution in [0.1, 0.15) is 42.6 Å². The summed E-state index contributed by atoms with van der Waals surface area (Å²) in [4.78, 5) is 34.1. The normalized spacial score (nSPS) is 10.2. The van der Waals surface area contributed by atoms with Gasteiger partial charge in [-0.1, -0.05) is 26.0 Å². The predicted octanol–water partition coefficient (Wildman–Crippen LogP) is 1.32. The molecule has 0 aliphatic carbocycles. The average molecular weight is 321 g/mol. The summed E-state index contributed by atoms with van der Waals surface area (Å²) in [5, 5.41) is 5.24. The highest BCUT2D eigenvalue weighted by Gasteiger charge is 2.12. The molecule has 7 nitrogen and oxygen atoms in total. The maximum absolute atomic E-state index is 11.9. The van der Waals surface area contributed by atoms with E-state index >= 15 is 0 Å². The number of primary amides is 1. The number of rotatable bonds is 8. The minimum Gasteiger partial charge on any atom is -0.452 e. The van der Waals surface area contributed by atoms with Gasteiger partial charge in [-0.05, 0) is 30.5 Å². The van der Waals surface area contributed by atoms with Crippen LogP contribution in [0.2, 0.25) is 0 Å². The van der Waals surface area contributed by atoms with Crippen LogP contribution < -0.4 is 16.4 Å². The first-order chi connectivity index (χ1) is 11.0. The fourth-order valence-corrected chi connectivity index (χ4v) is 1.92. The topological polar surface area (TPSA) is 111 Å². The zero-order chi connectivity index (χ0) is 17.2. The molecule has 0 atom stereocenters. The Hall–Kier alpha value is -2.57. The number of nitrogens with one attached hydrogen (secondary N) is 2. The van der Waals surface area contributed by atoms with Gasteiger partial charge < -0.3 is 21.1 Å². The fourth-order valence-electron chi connectivity index (χ4n) is 1.92. The number of nitrogens with two attached hydrogens (primary N) is 1. The molecule has 7 heteroatoms. The first-order valence-corrected chi connectivity index (χ1v) is 7.55. The molecule has 0 aromatic heterocycles. The molecule has 0 aliphatic heterocycles. The second-order valence-electron chi connectivity index (χ2n) is 5.07. The van der Waals surface area contributed by atoms with E-state index in [1.165, 1.54) is 0 Å². The highest BCUT2D eigenvalue weighted by atomic mass is 16.5. The van der Waals surface area contributed by atoms with E-state index in [0.29, 0.717) is 5.56 Å². The van der Waals surface area contributed by atoms with Crippen LogP contribution in [0.5, 0.6) is 0 Å². The Morgan fingerprint density at radius 2 is 1.74 bits per heavy atom. The van der Waals surface area contributed by atoms with Crippen molar-refractivity contribution < 1.29 is 19.1 Å². The first kappa shape index (κ1) is 18.5. The standard InChI is InChI=1S/C16H23N3O4/c1-3-13(4-2)19-14(20)10-23-15(21)12-7-5-11(6-8-12)9-18-16(17)22/h5-8,13H,3-4,9-10H2,1-2H3,(H,19,20)(H3,17,18,22). The van der Waals surface area contributed by atoms with Gasteiger partial charge in [0.25, 0.3) is 5.91 Å². The molecule has 0 saturated carbocycles. The maximum atomic E-state index is 11.9. The van der Waals surface area contributed by atoms with E-state index in [9.17, 15) is 14.4 Å². The van der Waals surface area contributed by atoms with Crippen molar-refractivity contribution in [3.63, 3.8) is 0 Å². The van der Waals surface area contributed by atoms with Crippen LogP contribution in [0.4, 0.5) is 4.79 Å². The zero-order valence-corrected chi connectivity index (χ0v) is 13.4. The molecule has 0 bridgehead atoms. The Morgan fingerprint density at radius 1 is 1.13 bits per heavy atom. The van der Waals surface area contributed by atoms with Crippen molar-refractivity contribution in [2.45, 2.75) is 39.3 Å². The van der Waals surface area contributed by atoms with Crippen LogP contribution >= 0.6 is 0 Å². The molecule has 0 unspecified atom stereocenters. The van der Waals surface area contributed by atoms with Crippen molar-refractivity contribution in [2.75, 3.05) is 6.61 Å². The van der Waals surface area contributed by atoms with Crippen molar-refractivity contribution >= 4 is 17.9 Å². The minimum absolute atomic E-state index is 0.0956. The number of esters is 1. The number of hydrogen-bond acceptors (Lipinski definition) is 4. The molecule has 4 N–H and O–H groups in total. The Balaban J connectivity index is 2.45. The highest BCUT2D eigenvalue weighted by Crippen LogP contribution is 2.06. The van der Waals surface area contributed by atoms with Gasteiger partial charge in [0.2, 0.25) is 0 Å². The van der Waals surface area contributed by atoms with E-state index in [0.717, 1.165) is 18.4 Å². The maximum Gasteiger partial charge on any atom is 0.338 e. The van der Waals surface area contributed by atoms with Gasteiger partial charge in [0.05, 0.1) is 5.56 Å². The van der Waals surface area contributed by atoms with Crippen LogP contribution in [-0.2, 0) is 16.1 Å². The SMILES string of the molecule is CCC(CC)NC(=O)COC(=O)c1ccc(CNC(N)=O)cc1. The predicted molar refractivity (Wildman–Crippen MR) is 85.7 cm³/mol. The summed E-state index contributed by atoms with van der Waals surface area (Å²) in [6.45, 7) is 3.94. The van der Waals surface area contributed by atoms with Crippen molar-refractivity contribution in [1.82, 2.24) is 10.6 Å². The number of amides is 3. The van der Waals surface area contributed by atoms with Crippen molar-refractivity contribution in [3.05, 3.63) is 35.4 Å². The van der Waals surface area contributed by atoms with E-state index in [1.54, 1.807) is 24.3 Å². The lowest BCUT2D eigenvalue weighted by Crippen LogP contribution is -2.36. The van der Waals surface area contributed by atoms with Crippen molar-refractivity contribution in [2.24, 2.45) is 5.73 Å². The Morgan fingerprint density at radius 3 is 2.26 bits per heavy atom. The summed E-state index contributed by atoms with van der Waals surface area (Å²) in [6.07, 6.45) is 1.66. The van der Waals surface area contributed by atoms with Gasteiger partial charge in [0.1, 0.15) is 0 Å². The lowest BCUT2D eigenvalue weighted by molar-refractivity contribution is -0.125. The molecule has 3 amide bonds. The molecule has 0 heterocycles. The van der Waals surface area contributed by atoms with Crippen molar-refractivity contribution in [3.8, 4) is 0 Å². The van der Waals surface area contributed by atoms with Gasteiger partial charge in [-0.3, -0.25) is 4.79 Å². The monoisotopic (exact) mass is 321 g/mol. The van der Waals surface area contributed by atoms with Gasteiger partial charge >= 0.3 is 12.0 Å². The van der Waals surface area contributed by atoms with Crippen LogP contribution in [0.3, 0.4) is 0 Å². The molecule has 1 aromatic rings. The Labute approximate surface area is 135 Å². The van der Waals surface area contributed by atoms with E-state index in [4.69, 9.17) is 10.5 Å². The van der Waals surface area contributed by atoms with Crippen LogP contribution in [-0.4, -0.2) is 30.6 Å². The molecule has 23 heavy (non-hydrogen) atoms. The molecular formula is C16H23N3O4. The van der Waals surface area contributed by atoms with Gasteiger partial charge in [-0.25, -0.2) is 9.59 Å². The molecule has 126 valence electrons. The number of carbonyl (C=O) groups excluding carboxylic acids is 3. The van der Waals surface area contributed by atoms with Crippen molar-refractivity contribution in [1.29, 1.82) is 0 Å².